The molecule has 2 N–H and O–H groups in total. The monoisotopic (exact) mass is 412 g/mol. The molecule has 0 heterocycles. The highest BCUT2D eigenvalue weighted by molar-refractivity contribution is 9.10. The maximum atomic E-state index is 13.7. The average Bonchev–Trinajstić information content (AvgIpc) is 2.50. The zero-order valence-electron chi connectivity index (χ0n) is 13.0. The molecule has 0 aliphatic heterocycles. The van der Waals surface area contributed by atoms with Gasteiger partial charge in [0.2, 0.25) is 0 Å². The summed E-state index contributed by atoms with van der Waals surface area (Å²) >= 11 is 8.05. The first kappa shape index (κ1) is 18.5. The Bertz CT molecular complexity index is 756. The van der Waals surface area contributed by atoms with Crippen molar-refractivity contribution in [3.05, 3.63) is 63.6 Å². The SMILES string of the molecule is CC(C)c1ccc(C(=O)NC(=S)Nc2c(F)cc(F)cc2Br)cc1. The lowest BCUT2D eigenvalue weighted by molar-refractivity contribution is 0.0977. The maximum absolute atomic E-state index is 13.7. The highest BCUT2D eigenvalue weighted by Crippen LogP contribution is 2.26. The van der Waals surface area contributed by atoms with E-state index in [1.807, 2.05) is 12.1 Å². The summed E-state index contributed by atoms with van der Waals surface area (Å²) in [5.41, 5.74) is 1.50. The van der Waals surface area contributed by atoms with Gasteiger partial charge in [0, 0.05) is 16.1 Å². The van der Waals surface area contributed by atoms with E-state index in [9.17, 15) is 13.6 Å². The minimum atomic E-state index is -0.820. The summed E-state index contributed by atoms with van der Waals surface area (Å²) in [6, 6.07) is 8.95. The Morgan fingerprint density at radius 3 is 2.33 bits per heavy atom. The molecule has 126 valence electrons. The number of nitrogens with one attached hydrogen (secondary N) is 2. The third-order valence-corrected chi connectivity index (χ3v) is 4.14. The van der Waals surface area contributed by atoms with E-state index in [-0.39, 0.29) is 15.3 Å². The van der Waals surface area contributed by atoms with Crippen molar-refractivity contribution < 1.29 is 13.6 Å². The van der Waals surface area contributed by atoms with Gasteiger partial charge in [-0.3, -0.25) is 10.1 Å². The number of carbonyl (C=O) groups is 1. The first-order chi connectivity index (χ1) is 11.3. The van der Waals surface area contributed by atoms with Gasteiger partial charge in [-0.1, -0.05) is 26.0 Å². The molecule has 0 bridgehead atoms. The summed E-state index contributed by atoms with van der Waals surface area (Å²) in [6.45, 7) is 4.12. The Hall–Kier alpha value is -1.86. The molecular formula is C17H15BrF2N2OS. The Balaban J connectivity index is 2.06. The van der Waals surface area contributed by atoms with E-state index in [2.05, 4.69) is 40.4 Å². The standard InChI is InChI=1S/C17H15BrF2N2OS/c1-9(2)10-3-5-11(6-4-10)16(23)22-17(24)21-15-13(18)7-12(19)8-14(15)20/h3-9H,1-2H3,(H2,21,22,23,24). The van der Waals surface area contributed by atoms with Gasteiger partial charge in [-0.05, 0) is 57.8 Å². The lowest BCUT2D eigenvalue weighted by Crippen LogP contribution is -2.34. The van der Waals surface area contributed by atoms with Crippen LogP contribution in [0.2, 0.25) is 0 Å². The molecular weight excluding hydrogens is 398 g/mol. The summed E-state index contributed by atoms with van der Waals surface area (Å²) in [5.74, 6) is -1.59. The van der Waals surface area contributed by atoms with Crippen LogP contribution in [0.15, 0.2) is 40.9 Å². The fourth-order valence-corrected chi connectivity index (χ4v) is 2.70. The molecule has 3 nitrogen and oxygen atoms in total. The topological polar surface area (TPSA) is 41.1 Å². The minimum absolute atomic E-state index is 0.0446. The minimum Gasteiger partial charge on any atom is -0.329 e. The van der Waals surface area contributed by atoms with Crippen molar-refractivity contribution in [2.45, 2.75) is 19.8 Å². The van der Waals surface area contributed by atoms with Gasteiger partial charge in [-0.2, -0.15) is 0 Å². The number of anilines is 1. The van der Waals surface area contributed by atoms with Gasteiger partial charge in [-0.25, -0.2) is 8.78 Å². The number of hydrogen-bond acceptors (Lipinski definition) is 2. The number of halogens is 3. The van der Waals surface area contributed by atoms with Gasteiger partial charge < -0.3 is 5.32 Å². The van der Waals surface area contributed by atoms with Crippen molar-refractivity contribution in [1.29, 1.82) is 0 Å². The van der Waals surface area contributed by atoms with Crippen LogP contribution in [-0.2, 0) is 0 Å². The molecule has 7 heteroatoms. The van der Waals surface area contributed by atoms with E-state index in [4.69, 9.17) is 12.2 Å². The van der Waals surface area contributed by atoms with Gasteiger partial charge >= 0.3 is 0 Å². The fourth-order valence-electron chi connectivity index (χ4n) is 2.00. The van der Waals surface area contributed by atoms with Crippen LogP contribution in [0.1, 0.15) is 35.7 Å². The summed E-state index contributed by atoms with van der Waals surface area (Å²) in [5, 5.41) is 4.93. The van der Waals surface area contributed by atoms with Crippen LogP contribution in [0.5, 0.6) is 0 Å². The zero-order chi connectivity index (χ0) is 17.9. The molecule has 0 aromatic heterocycles. The summed E-state index contributed by atoms with van der Waals surface area (Å²) < 4.78 is 27.0. The van der Waals surface area contributed by atoms with Crippen molar-refractivity contribution in [1.82, 2.24) is 5.32 Å². The third kappa shape index (κ3) is 4.58. The molecule has 2 rings (SSSR count). The van der Waals surface area contributed by atoms with Crippen LogP contribution in [0.25, 0.3) is 0 Å². The Kier molecular flexibility index (Phi) is 6.01. The first-order valence-electron chi connectivity index (χ1n) is 7.14. The van der Waals surface area contributed by atoms with Crippen LogP contribution < -0.4 is 10.6 Å². The van der Waals surface area contributed by atoms with Crippen LogP contribution in [0.4, 0.5) is 14.5 Å². The van der Waals surface area contributed by atoms with Crippen LogP contribution in [-0.4, -0.2) is 11.0 Å². The van der Waals surface area contributed by atoms with Crippen LogP contribution in [0.3, 0.4) is 0 Å². The third-order valence-electron chi connectivity index (χ3n) is 3.31. The highest BCUT2D eigenvalue weighted by Gasteiger charge is 2.13. The highest BCUT2D eigenvalue weighted by atomic mass is 79.9. The molecule has 0 saturated carbocycles. The van der Waals surface area contributed by atoms with E-state index in [1.165, 1.54) is 0 Å². The molecule has 0 fully saturated rings. The largest absolute Gasteiger partial charge is 0.329 e. The predicted molar refractivity (Wildman–Crippen MR) is 98.3 cm³/mol. The second-order valence-corrected chi connectivity index (χ2v) is 6.69. The quantitative estimate of drug-likeness (QED) is 0.698. The lowest BCUT2D eigenvalue weighted by atomic mass is 10.0. The van der Waals surface area contributed by atoms with Crippen molar-refractivity contribution in [3.8, 4) is 0 Å². The van der Waals surface area contributed by atoms with Gasteiger partial charge in [0.25, 0.3) is 5.91 Å². The second-order valence-electron chi connectivity index (χ2n) is 5.43. The van der Waals surface area contributed by atoms with Crippen LogP contribution >= 0.6 is 28.1 Å². The molecule has 2 aromatic rings. The molecule has 0 aliphatic carbocycles. The van der Waals surface area contributed by atoms with Crippen molar-refractivity contribution >= 4 is 44.9 Å². The molecule has 0 spiro atoms. The molecule has 0 aliphatic rings. The molecule has 0 saturated heterocycles. The molecule has 0 atom stereocenters. The smallest absolute Gasteiger partial charge is 0.257 e. The van der Waals surface area contributed by atoms with Gasteiger partial charge in [0.1, 0.15) is 5.82 Å². The van der Waals surface area contributed by atoms with Crippen molar-refractivity contribution in [3.63, 3.8) is 0 Å². The van der Waals surface area contributed by atoms with Crippen molar-refractivity contribution in [2.75, 3.05) is 5.32 Å². The molecule has 1 amide bonds. The maximum Gasteiger partial charge on any atom is 0.257 e. The summed E-state index contributed by atoms with van der Waals surface area (Å²) in [6.07, 6.45) is 0. The van der Waals surface area contributed by atoms with E-state index in [0.717, 1.165) is 17.7 Å². The summed E-state index contributed by atoms with van der Waals surface area (Å²) in [7, 11) is 0. The number of amides is 1. The number of benzene rings is 2. The predicted octanol–water partition coefficient (Wildman–Crippen LogP) is 4.98. The van der Waals surface area contributed by atoms with Gasteiger partial charge in [-0.15, -0.1) is 0 Å². The Labute approximate surface area is 152 Å². The van der Waals surface area contributed by atoms with E-state index < -0.39 is 17.5 Å². The fraction of sp³-hybridized carbons (Fsp3) is 0.176. The second kappa shape index (κ2) is 7.81. The van der Waals surface area contributed by atoms with Crippen molar-refractivity contribution in [2.24, 2.45) is 0 Å². The Morgan fingerprint density at radius 2 is 1.79 bits per heavy atom. The van der Waals surface area contributed by atoms with E-state index >= 15 is 0 Å². The number of rotatable bonds is 3. The molecule has 2 aromatic carbocycles. The molecule has 24 heavy (non-hydrogen) atoms. The number of carbonyl (C=O) groups excluding carboxylic acids is 1. The Morgan fingerprint density at radius 1 is 1.17 bits per heavy atom. The van der Waals surface area contributed by atoms with E-state index in [0.29, 0.717) is 11.5 Å². The van der Waals surface area contributed by atoms with Gasteiger partial charge in [0.05, 0.1) is 5.69 Å². The zero-order valence-corrected chi connectivity index (χ0v) is 15.4. The average molecular weight is 413 g/mol. The van der Waals surface area contributed by atoms with Gasteiger partial charge in [0.15, 0.2) is 10.9 Å². The number of thiocarbonyl (C=S) groups is 1. The van der Waals surface area contributed by atoms with E-state index in [1.54, 1.807) is 12.1 Å². The lowest BCUT2D eigenvalue weighted by Gasteiger charge is -2.12. The number of hydrogen-bond donors (Lipinski definition) is 2. The van der Waals surface area contributed by atoms with Crippen LogP contribution in [0, 0.1) is 11.6 Å². The first-order valence-corrected chi connectivity index (χ1v) is 8.35. The summed E-state index contributed by atoms with van der Waals surface area (Å²) in [4.78, 5) is 12.1. The molecule has 0 unspecified atom stereocenters. The normalized spacial score (nSPS) is 10.6. The molecule has 0 radical (unpaired) electrons.